The number of carbonyl (C=O) groups is 1. The van der Waals surface area contributed by atoms with Crippen molar-refractivity contribution in [1.82, 2.24) is 0 Å². The van der Waals surface area contributed by atoms with Crippen LogP contribution in [0.1, 0.15) is 16.7 Å². The molecule has 130 valence electrons. The maximum absolute atomic E-state index is 12.2. The number of hydrogen-bond acceptors (Lipinski definition) is 5. The van der Waals surface area contributed by atoms with E-state index in [1.807, 2.05) is 55.5 Å². The van der Waals surface area contributed by atoms with Gasteiger partial charge in [0.15, 0.2) is 5.70 Å². The normalized spacial score (nSPS) is 17.2. The van der Waals surface area contributed by atoms with E-state index in [4.69, 9.17) is 14.2 Å². The van der Waals surface area contributed by atoms with Crippen molar-refractivity contribution < 1.29 is 19.0 Å². The molecule has 5 nitrogen and oxygen atoms in total. The fourth-order valence-electron chi connectivity index (χ4n) is 2.86. The van der Waals surface area contributed by atoms with Gasteiger partial charge in [-0.2, -0.15) is 0 Å². The maximum Gasteiger partial charge on any atom is 0.363 e. The van der Waals surface area contributed by atoms with Gasteiger partial charge in [-0.1, -0.05) is 17.7 Å². The Bertz CT molecular complexity index is 985. The number of fused-ring (bicyclic) bond motifs is 1. The smallest absolute Gasteiger partial charge is 0.363 e. The second-order valence-corrected chi connectivity index (χ2v) is 6.12. The van der Waals surface area contributed by atoms with Gasteiger partial charge in [0.2, 0.25) is 5.90 Å². The van der Waals surface area contributed by atoms with Crippen LogP contribution in [0.4, 0.5) is 0 Å². The lowest BCUT2D eigenvalue weighted by atomic mass is 10.1. The number of aryl methyl sites for hydroxylation is 1. The molecule has 2 aromatic rings. The van der Waals surface area contributed by atoms with Crippen molar-refractivity contribution in [2.24, 2.45) is 4.99 Å². The lowest BCUT2D eigenvalue weighted by Crippen LogP contribution is -2.08. The quantitative estimate of drug-likeness (QED) is 0.628. The van der Waals surface area contributed by atoms with E-state index in [1.165, 1.54) is 0 Å². The van der Waals surface area contributed by atoms with Gasteiger partial charge in [-0.15, -0.1) is 0 Å². The molecule has 0 spiro atoms. The molecule has 5 heteroatoms. The molecule has 0 N–H and O–H groups in total. The summed E-state index contributed by atoms with van der Waals surface area (Å²) in [4.78, 5) is 16.5. The fraction of sp³-hybridized carbons (Fsp3) is 0.143. The van der Waals surface area contributed by atoms with Crippen LogP contribution in [0.5, 0.6) is 11.5 Å². The third-order valence-corrected chi connectivity index (χ3v) is 4.16. The fourth-order valence-corrected chi connectivity index (χ4v) is 2.86. The van der Waals surface area contributed by atoms with E-state index in [-0.39, 0.29) is 5.70 Å². The molecular formula is C21H17NO4. The zero-order valence-electron chi connectivity index (χ0n) is 14.5. The summed E-state index contributed by atoms with van der Waals surface area (Å²) in [6.45, 7) is 2.33. The van der Waals surface area contributed by atoms with Crippen molar-refractivity contribution in [3.8, 4) is 11.5 Å². The number of hydrogen-bond donors (Lipinski definition) is 0. The third kappa shape index (κ3) is 3.11. The van der Waals surface area contributed by atoms with E-state index < -0.39 is 5.97 Å². The van der Waals surface area contributed by atoms with Crippen molar-refractivity contribution in [3.63, 3.8) is 0 Å². The van der Waals surface area contributed by atoms with Crippen molar-refractivity contribution >= 4 is 17.9 Å². The summed E-state index contributed by atoms with van der Waals surface area (Å²) >= 11 is 0. The first-order valence-electron chi connectivity index (χ1n) is 8.23. The Balaban J connectivity index is 1.63. The summed E-state index contributed by atoms with van der Waals surface area (Å²) in [7, 11) is 1.62. The average molecular weight is 347 g/mol. The maximum atomic E-state index is 12.2. The number of ether oxygens (including phenoxy) is 3. The molecular weight excluding hydrogens is 330 g/mol. The minimum atomic E-state index is -0.456. The minimum Gasteiger partial charge on any atom is -0.497 e. The molecule has 2 heterocycles. The van der Waals surface area contributed by atoms with E-state index in [9.17, 15) is 4.79 Å². The Labute approximate surface area is 151 Å². The number of nitrogens with zero attached hydrogens (tertiary/aromatic N) is 1. The molecule has 0 unspecified atom stereocenters. The highest BCUT2D eigenvalue weighted by Gasteiger charge is 2.25. The highest BCUT2D eigenvalue weighted by molar-refractivity contribution is 6.11. The summed E-state index contributed by atoms with van der Waals surface area (Å²) in [5, 5.41) is 0. The molecule has 2 aromatic carbocycles. The minimum absolute atomic E-state index is 0.272. The second kappa shape index (κ2) is 6.52. The highest BCUT2D eigenvalue weighted by Crippen LogP contribution is 2.31. The van der Waals surface area contributed by atoms with Crippen molar-refractivity contribution in [1.29, 1.82) is 0 Å². The summed E-state index contributed by atoms with van der Waals surface area (Å²) in [5.41, 5.74) is 3.91. The summed E-state index contributed by atoms with van der Waals surface area (Å²) in [6, 6.07) is 13.3. The van der Waals surface area contributed by atoms with Crippen LogP contribution in [0.15, 0.2) is 64.8 Å². The first-order valence-corrected chi connectivity index (χ1v) is 8.23. The van der Waals surface area contributed by atoms with Crippen molar-refractivity contribution in [2.75, 3.05) is 13.7 Å². The molecule has 0 atom stereocenters. The zero-order chi connectivity index (χ0) is 18.1. The van der Waals surface area contributed by atoms with Gasteiger partial charge < -0.3 is 14.2 Å². The van der Waals surface area contributed by atoms with Crippen LogP contribution in [0.25, 0.3) is 6.08 Å². The molecule has 0 fully saturated rings. The van der Waals surface area contributed by atoms with Crippen molar-refractivity contribution in [3.05, 3.63) is 76.5 Å². The lowest BCUT2D eigenvalue weighted by molar-refractivity contribution is -0.130. The van der Waals surface area contributed by atoms with Gasteiger partial charge in [-0.05, 0) is 48.9 Å². The molecule has 4 rings (SSSR count). The summed E-state index contributed by atoms with van der Waals surface area (Å²) < 4.78 is 16.3. The number of aliphatic imine (C=N–C) groups is 1. The topological polar surface area (TPSA) is 57.1 Å². The van der Waals surface area contributed by atoms with Crippen LogP contribution in [-0.4, -0.2) is 25.6 Å². The Morgan fingerprint density at radius 3 is 2.88 bits per heavy atom. The van der Waals surface area contributed by atoms with Gasteiger partial charge in [0, 0.05) is 17.2 Å². The number of esters is 1. The summed E-state index contributed by atoms with van der Waals surface area (Å²) in [6.07, 6.45) is 3.68. The van der Waals surface area contributed by atoms with E-state index in [2.05, 4.69) is 4.99 Å². The lowest BCUT2D eigenvalue weighted by Gasteiger charge is -2.16. The number of rotatable bonds is 3. The van der Waals surface area contributed by atoms with E-state index in [0.29, 0.717) is 12.5 Å². The molecule has 26 heavy (non-hydrogen) atoms. The first-order chi connectivity index (χ1) is 12.6. The Hall–Kier alpha value is -3.34. The largest absolute Gasteiger partial charge is 0.497 e. The average Bonchev–Trinajstić information content (AvgIpc) is 3.02. The van der Waals surface area contributed by atoms with Crippen LogP contribution in [-0.2, 0) is 9.53 Å². The number of methoxy groups -OCH3 is 1. The molecule has 0 saturated heterocycles. The van der Waals surface area contributed by atoms with Crippen LogP contribution < -0.4 is 9.47 Å². The molecule has 0 aliphatic carbocycles. The van der Waals surface area contributed by atoms with E-state index >= 15 is 0 Å². The van der Waals surface area contributed by atoms with Gasteiger partial charge in [0.25, 0.3) is 0 Å². The van der Waals surface area contributed by atoms with E-state index in [1.54, 1.807) is 13.2 Å². The highest BCUT2D eigenvalue weighted by atomic mass is 16.6. The van der Waals surface area contributed by atoms with Gasteiger partial charge in [-0.25, -0.2) is 9.79 Å². The van der Waals surface area contributed by atoms with Gasteiger partial charge in [0.1, 0.15) is 18.1 Å². The molecule has 0 radical (unpaired) electrons. The predicted molar refractivity (Wildman–Crippen MR) is 98.4 cm³/mol. The van der Waals surface area contributed by atoms with Gasteiger partial charge in [-0.3, -0.25) is 0 Å². The van der Waals surface area contributed by atoms with Crippen molar-refractivity contribution in [2.45, 2.75) is 6.92 Å². The van der Waals surface area contributed by atoms with Crippen LogP contribution in [0, 0.1) is 6.92 Å². The Morgan fingerprint density at radius 2 is 2.08 bits per heavy atom. The van der Waals surface area contributed by atoms with E-state index in [0.717, 1.165) is 33.8 Å². The van der Waals surface area contributed by atoms with Gasteiger partial charge in [0.05, 0.1) is 7.11 Å². The predicted octanol–water partition coefficient (Wildman–Crippen LogP) is 3.67. The van der Waals surface area contributed by atoms with Crippen LogP contribution in [0.2, 0.25) is 0 Å². The number of benzene rings is 2. The third-order valence-electron chi connectivity index (χ3n) is 4.16. The molecule has 0 aromatic heterocycles. The Kier molecular flexibility index (Phi) is 4.05. The zero-order valence-corrected chi connectivity index (χ0v) is 14.5. The Morgan fingerprint density at radius 1 is 1.19 bits per heavy atom. The summed E-state index contributed by atoms with van der Waals surface area (Å²) in [5.74, 6) is 1.37. The molecule has 0 bridgehead atoms. The van der Waals surface area contributed by atoms with Gasteiger partial charge >= 0.3 is 5.97 Å². The molecule has 0 saturated carbocycles. The molecule has 2 aliphatic rings. The SMILES string of the molecule is COc1ccc2c(c1)OCC(/C=C1\N=C(c3cccc(C)c3)OC1=O)=C2. The number of carbonyl (C=O) groups excluding carboxylic acids is 1. The monoisotopic (exact) mass is 347 g/mol. The molecule has 2 aliphatic heterocycles. The van der Waals surface area contributed by atoms with Crippen LogP contribution >= 0.6 is 0 Å². The first kappa shape index (κ1) is 16.1. The number of cyclic esters (lactones) is 1. The standard InChI is InChI=1S/C21H17NO4/c1-13-4-3-5-16(8-13)20-22-18(21(23)26-20)10-14-9-15-6-7-17(24-2)11-19(15)25-12-14/h3-11H,12H2,1-2H3/b18-10-. The second-order valence-electron chi connectivity index (χ2n) is 6.12. The molecule has 0 amide bonds. The van der Waals surface area contributed by atoms with Crippen LogP contribution in [0.3, 0.4) is 0 Å².